The molecule has 0 aliphatic carbocycles. The Hall–Kier alpha value is -2.75. The Balaban J connectivity index is 2.30. The predicted molar refractivity (Wildman–Crippen MR) is 85.9 cm³/mol. The average Bonchev–Trinajstić information content (AvgIpc) is 2.59. The highest BCUT2D eigenvalue weighted by Crippen LogP contribution is 2.25. The molecular formula is C18H18O4. The van der Waals surface area contributed by atoms with E-state index in [0.717, 1.165) is 5.56 Å². The van der Waals surface area contributed by atoms with Crippen LogP contribution in [-0.2, 0) is 0 Å². The number of rotatable bonds is 6. The molecule has 114 valence electrons. The topological polar surface area (TPSA) is 44.8 Å². The number of para-hydroxylation sites is 1. The maximum Gasteiger partial charge on any atom is 0.189 e. The fourth-order valence-electron chi connectivity index (χ4n) is 2.07. The van der Waals surface area contributed by atoms with Gasteiger partial charge in [-0.05, 0) is 36.4 Å². The van der Waals surface area contributed by atoms with Crippen molar-refractivity contribution in [3.63, 3.8) is 0 Å². The first kappa shape index (κ1) is 15.6. The summed E-state index contributed by atoms with van der Waals surface area (Å²) in [6.45, 7) is 0. The van der Waals surface area contributed by atoms with E-state index < -0.39 is 0 Å². The van der Waals surface area contributed by atoms with Gasteiger partial charge >= 0.3 is 0 Å². The molecule has 0 unspecified atom stereocenters. The van der Waals surface area contributed by atoms with E-state index in [1.165, 1.54) is 13.2 Å². The fourth-order valence-corrected chi connectivity index (χ4v) is 2.07. The van der Waals surface area contributed by atoms with Gasteiger partial charge in [0.25, 0.3) is 0 Å². The monoisotopic (exact) mass is 298 g/mol. The van der Waals surface area contributed by atoms with Gasteiger partial charge in [-0.15, -0.1) is 0 Å². The largest absolute Gasteiger partial charge is 0.497 e. The molecule has 0 radical (unpaired) electrons. The number of carbonyl (C=O) groups excluding carboxylic acids is 1. The van der Waals surface area contributed by atoms with Crippen LogP contribution >= 0.6 is 0 Å². The van der Waals surface area contributed by atoms with Crippen molar-refractivity contribution in [2.24, 2.45) is 0 Å². The average molecular weight is 298 g/mol. The number of hydrogen-bond acceptors (Lipinski definition) is 4. The predicted octanol–water partition coefficient (Wildman–Crippen LogP) is 3.61. The van der Waals surface area contributed by atoms with Crippen LogP contribution in [0.25, 0.3) is 6.08 Å². The van der Waals surface area contributed by atoms with Crippen LogP contribution < -0.4 is 14.2 Å². The van der Waals surface area contributed by atoms with Crippen LogP contribution in [0.5, 0.6) is 17.2 Å². The van der Waals surface area contributed by atoms with Gasteiger partial charge in [0.15, 0.2) is 5.78 Å². The first-order valence-corrected chi connectivity index (χ1v) is 6.77. The maximum atomic E-state index is 12.4. The number of methoxy groups -OCH3 is 3. The second kappa shape index (κ2) is 7.31. The Bertz CT molecular complexity index is 689. The highest BCUT2D eigenvalue weighted by atomic mass is 16.5. The molecule has 0 heterocycles. The molecule has 0 atom stereocenters. The normalized spacial score (nSPS) is 10.5. The maximum absolute atomic E-state index is 12.4. The second-order valence-electron chi connectivity index (χ2n) is 4.51. The van der Waals surface area contributed by atoms with Crippen LogP contribution in [0, 0.1) is 0 Å². The summed E-state index contributed by atoms with van der Waals surface area (Å²) in [5.41, 5.74) is 1.29. The van der Waals surface area contributed by atoms with Crippen LogP contribution in [0.15, 0.2) is 48.5 Å². The van der Waals surface area contributed by atoms with E-state index >= 15 is 0 Å². The molecule has 2 aromatic rings. The highest BCUT2D eigenvalue weighted by Gasteiger charge is 2.11. The zero-order valence-electron chi connectivity index (χ0n) is 12.8. The minimum absolute atomic E-state index is 0.165. The van der Waals surface area contributed by atoms with Gasteiger partial charge in [0.1, 0.15) is 17.2 Å². The molecule has 0 fully saturated rings. The summed E-state index contributed by atoms with van der Waals surface area (Å²) < 4.78 is 15.6. The molecule has 2 aromatic carbocycles. The van der Waals surface area contributed by atoms with Crippen molar-refractivity contribution in [1.82, 2.24) is 0 Å². The Morgan fingerprint density at radius 2 is 1.64 bits per heavy atom. The van der Waals surface area contributed by atoms with Crippen molar-refractivity contribution in [2.75, 3.05) is 21.3 Å². The SMILES string of the molecule is COc1ccc(OC)c(C(=O)/C=C/c2ccccc2OC)c1. The summed E-state index contributed by atoms with van der Waals surface area (Å²) in [5.74, 6) is 1.66. The fraction of sp³-hybridized carbons (Fsp3) is 0.167. The summed E-state index contributed by atoms with van der Waals surface area (Å²) in [6, 6.07) is 12.6. The minimum atomic E-state index is -0.165. The van der Waals surface area contributed by atoms with E-state index in [0.29, 0.717) is 22.8 Å². The number of carbonyl (C=O) groups is 1. The lowest BCUT2D eigenvalue weighted by Gasteiger charge is -2.08. The molecule has 0 saturated carbocycles. The van der Waals surface area contributed by atoms with Gasteiger partial charge in [-0.3, -0.25) is 4.79 Å². The van der Waals surface area contributed by atoms with E-state index in [2.05, 4.69) is 0 Å². The Kier molecular flexibility index (Phi) is 5.20. The lowest BCUT2D eigenvalue weighted by atomic mass is 10.1. The van der Waals surface area contributed by atoms with Gasteiger partial charge < -0.3 is 14.2 Å². The molecular weight excluding hydrogens is 280 g/mol. The van der Waals surface area contributed by atoms with Crippen molar-refractivity contribution in [1.29, 1.82) is 0 Å². The third-order valence-corrected chi connectivity index (χ3v) is 3.23. The quantitative estimate of drug-likeness (QED) is 0.603. The van der Waals surface area contributed by atoms with E-state index in [1.54, 1.807) is 38.5 Å². The van der Waals surface area contributed by atoms with Crippen molar-refractivity contribution in [3.8, 4) is 17.2 Å². The first-order chi connectivity index (χ1) is 10.7. The zero-order valence-corrected chi connectivity index (χ0v) is 12.8. The number of allylic oxidation sites excluding steroid dienone is 1. The summed E-state index contributed by atoms with van der Waals surface area (Å²) in [4.78, 5) is 12.4. The lowest BCUT2D eigenvalue weighted by Crippen LogP contribution is -2.00. The van der Waals surface area contributed by atoms with Crippen LogP contribution in [0.2, 0.25) is 0 Å². The molecule has 0 aliphatic heterocycles. The Morgan fingerprint density at radius 1 is 0.909 bits per heavy atom. The van der Waals surface area contributed by atoms with Gasteiger partial charge in [0.2, 0.25) is 0 Å². The molecule has 0 aliphatic rings. The molecule has 0 spiro atoms. The molecule has 4 heteroatoms. The van der Waals surface area contributed by atoms with Gasteiger partial charge in [0, 0.05) is 5.56 Å². The van der Waals surface area contributed by atoms with E-state index in [-0.39, 0.29) is 5.78 Å². The van der Waals surface area contributed by atoms with Crippen LogP contribution in [-0.4, -0.2) is 27.1 Å². The smallest absolute Gasteiger partial charge is 0.189 e. The van der Waals surface area contributed by atoms with Crippen molar-refractivity contribution >= 4 is 11.9 Å². The molecule has 0 aromatic heterocycles. The summed E-state index contributed by atoms with van der Waals surface area (Å²) >= 11 is 0. The van der Waals surface area contributed by atoms with Gasteiger partial charge in [-0.25, -0.2) is 0 Å². The summed E-state index contributed by atoms with van der Waals surface area (Å²) in [7, 11) is 4.68. The molecule has 22 heavy (non-hydrogen) atoms. The number of ether oxygens (including phenoxy) is 3. The van der Waals surface area contributed by atoms with E-state index in [9.17, 15) is 4.79 Å². The van der Waals surface area contributed by atoms with Crippen molar-refractivity contribution in [3.05, 3.63) is 59.7 Å². The third-order valence-electron chi connectivity index (χ3n) is 3.23. The Labute approximate surface area is 129 Å². The van der Waals surface area contributed by atoms with Gasteiger partial charge in [-0.1, -0.05) is 18.2 Å². The Morgan fingerprint density at radius 3 is 2.32 bits per heavy atom. The third kappa shape index (κ3) is 3.47. The van der Waals surface area contributed by atoms with Crippen LogP contribution in [0.3, 0.4) is 0 Å². The lowest BCUT2D eigenvalue weighted by molar-refractivity contribution is 0.104. The van der Waals surface area contributed by atoms with E-state index in [4.69, 9.17) is 14.2 Å². The van der Waals surface area contributed by atoms with Crippen molar-refractivity contribution < 1.29 is 19.0 Å². The number of hydrogen-bond donors (Lipinski definition) is 0. The zero-order chi connectivity index (χ0) is 15.9. The molecule has 2 rings (SSSR count). The highest BCUT2D eigenvalue weighted by molar-refractivity contribution is 6.09. The van der Waals surface area contributed by atoms with Crippen molar-refractivity contribution in [2.45, 2.75) is 0 Å². The molecule has 4 nitrogen and oxygen atoms in total. The molecule has 0 amide bonds. The summed E-state index contributed by atoms with van der Waals surface area (Å²) in [5, 5.41) is 0. The second-order valence-corrected chi connectivity index (χ2v) is 4.51. The minimum Gasteiger partial charge on any atom is -0.497 e. The van der Waals surface area contributed by atoms with Gasteiger partial charge in [0.05, 0.1) is 26.9 Å². The van der Waals surface area contributed by atoms with Crippen LogP contribution in [0.1, 0.15) is 15.9 Å². The van der Waals surface area contributed by atoms with E-state index in [1.807, 2.05) is 24.3 Å². The molecule has 0 N–H and O–H groups in total. The van der Waals surface area contributed by atoms with Gasteiger partial charge in [-0.2, -0.15) is 0 Å². The molecule has 0 bridgehead atoms. The number of benzene rings is 2. The first-order valence-electron chi connectivity index (χ1n) is 6.77. The molecule has 0 saturated heterocycles. The standard InChI is InChI=1S/C18H18O4/c1-20-14-9-11-18(22-3)15(12-14)16(19)10-8-13-6-4-5-7-17(13)21-2/h4-12H,1-3H3/b10-8+. The number of ketones is 1. The summed E-state index contributed by atoms with van der Waals surface area (Å²) in [6.07, 6.45) is 3.22. The van der Waals surface area contributed by atoms with Crippen LogP contribution in [0.4, 0.5) is 0 Å².